The van der Waals surface area contributed by atoms with E-state index in [1.165, 1.54) is 23.6 Å². The number of carbonyl (C=O) groups excluding carboxylic acids is 2. The number of carbonyl (C=O) groups is 2. The first kappa shape index (κ1) is 21.6. The number of benzene rings is 3. The molecule has 3 aromatic rings. The number of amides is 2. The van der Waals surface area contributed by atoms with E-state index in [-0.39, 0.29) is 11.8 Å². The Kier molecular flexibility index (Phi) is 6.93. The van der Waals surface area contributed by atoms with Crippen molar-refractivity contribution in [2.75, 3.05) is 0 Å². The van der Waals surface area contributed by atoms with Crippen LogP contribution in [0.15, 0.2) is 70.6 Å². The van der Waals surface area contributed by atoms with Gasteiger partial charge in [0.05, 0.1) is 11.1 Å². The van der Waals surface area contributed by atoms with Crippen molar-refractivity contribution in [2.24, 2.45) is 9.98 Å². The third-order valence-electron chi connectivity index (χ3n) is 4.30. The second kappa shape index (κ2) is 9.61. The van der Waals surface area contributed by atoms with Crippen molar-refractivity contribution in [3.05, 3.63) is 104 Å². The summed E-state index contributed by atoms with van der Waals surface area (Å²) in [5, 5.41) is 1.26. The number of hydrogen-bond acceptors (Lipinski definition) is 2. The van der Waals surface area contributed by atoms with Crippen molar-refractivity contribution in [2.45, 2.75) is 13.8 Å². The monoisotopic (exact) mass is 436 g/mol. The molecule has 2 aliphatic rings. The fraction of sp³-hybridized carbons (Fsp3) is 0.0833. The van der Waals surface area contributed by atoms with Gasteiger partial charge in [-0.15, -0.1) is 0 Å². The second-order valence-corrected chi connectivity index (χ2v) is 7.62. The molecule has 0 atom stereocenters. The van der Waals surface area contributed by atoms with Gasteiger partial charge >= 0.3 is 0 Å². The van der Waals surface area contributed by atoms with Crippen LogP contribution in [0.25, 0.3) is 0 Å². The summed E-state index contributed by atoms with van der Waals surface area (Å²) < 4.78 is 0. The summed E-state index contributed by atoms with van der Waals surface area (Å²) in [6.45, 7) is 4.21. The van der Waals surface area contributed by atoms with Gasteiger partial charge in [-0.05, 0) is 50.2 Å². The van der Waals surface area contributed by atoms with Gasteiger partial charge in [-0.25, -0.2) is 9.98 Å². The standard InChI is InChI=1S/2C8H4ClNO.C8H10/c2*9-6-1-2-7-5(3-6)4-10-8(7)11;1-7-4-3-5-8(2)6-7/h2*1-4H;3-6H,1-2H3. The number of aliphatic imine (C=N–C) groups is 2. The Labute approximate surface area is 184 Å². The number of nitrogens with zero attached hydrogens (tertiary/aromatic N) is 2. The lowest BCUT2D eigenvalue weighted by atomic mass is 10.1. The maximum Gasteiger partial charge on any atom is 0.277 e. The van der Waals surface area contributed by atoms with Crippen LogP contribution < -0.4 is 0 Å². The van der Waals surface area contributed by atoms with Gasteiger partial charge in [0.25, 0.3) is 11.8 Å². The number of fused-ring (bicyclic) bond motifs is 2. The normalized spacial score (nSPS) is 12.5. The third-order valence-corrected chi connectivity index (χ3v) is 4.77. The summed E-state index contributed by atoms with van der Waals surface area (Å²) in [5.41, 5.74) is 5.56. The summed E-state index contributed by atoms with van der Waals surface area (Å²) >= 11 is 11.4. The molecule has 0 unspecified atom stereocenters. The molecule has 0 fully saturated rings. The molecule has 3 aromatic carbocycles. The average Bonchev–Trinajstić information content (AvgIpc) is 3.25. The van der Waals surface area contributed by atoms with E-state index in [9.17, 15) is 9.59 Å². The van der Waals surface area contributed by atoms with E-state index in [1.807, 2.05) is 0 Å². The summed E-state index contributed by atoms with van der Waals surface area (Å²) in [6, 6.07) is 18.7. The van der Waals surface area contributed by atoms with E-state index in [1.54, 1.807) is 36.4 Å². The fourth-order valence-corrected chi connectivity index (χ4v) is 3.23. The third kappa shape index (κ3) is 5.50. The molecule has 30 heavy (non-hydrogen) atoms. The zero-order valence-corrected chi connectivity index (χ0v) is 17.9. The number of halogens is 2. The number of aryl methyl sites for hydroxylation is 2. The highest BCUT2D eigenvalue weighted by molar-refractivity contribution is 6.31. The van der Waals surface area contributed by atoms with Crippen LogP contribution in [0.2, 0.25) is 10.0 Å². The Hall–Kier alpha value is -3.08. The zero-order chi connectivity index (χ0) is 21.7. The van der Waals surface area contributed by atoms with E-state index in [2.05, 4.69) is 48.1 Å². The smallest absolute Gasteiger partial charge is 0.267 e. The van der Waals surface area contributed by atoms with E-state index in [4.69, 9.17) is 23.2 Å². The maximum atomic E-state index is 10.9. The highest BCUT2D eigenvalue weighted by Gasteiger charge is 2.15. The van der Waals surface area contributed by atoms with Crippen LogP contribution in [0.1, 0.15) is 43.0 Å². The Balaban J connectivity index is 0.000000130. The Bertz CT molecular complexity index is 1090. The molecule has 0 N–H and O–H groups in total. The van der Waals surface area contributed by atoms with Crippen LogP contribution >= 0.6 is 23.2 Å². The van der Waals surface area contributed by atoms with E-state index >= 15 is 0 Å². The largest absolute Gasteiger partial charge is 0.277 e. The summed E-state index contributed by atoms with van der Waals surface area (Å²) in [6.07, 6.45) is 3.06. The van der Waals surface area contributed by atoms with Crippen molar-refractivity contribution in [3.63, 3.8) is 0 Å². The van der Waals surface area contributed by atoms with Gasteiger partial charge in [-0.2, -0.15) is 0 Å². The summed E-state index contributed by atoms with van der Waals surface area (Å²) in [5.74, 6) is -0.367. The lowest BCUT2D eigenvalue weighted by molar-refractivity contribution is 0.0998. The van der Waals surface area contributed by atoms with Gasteiger partial charge in [0.2, 0.25) is 0 Å². The van der Waals surface area contributed by atoms with E-state index in [0.29, 0.717) is 21.2 Å². The number of rotatable bonds is 0. The van der Waals surface area contributed by atoms with Gasteiger partial charge in [-0.1, -0.05) is 58.6 Å². The van der Waals surface area contributed by atoms with Crippen LogP contribution in [0.3, 0.4) is 0 Å². The highest BCUT2D eigenvalue weighted by atomic mass is 35.5. The average molecular weight is 437 g/mol. The molecule has 2 aliphatic heterocycles. The molecule has 0 saturated heterocycles. The quantitative estimate of drug-likeness (QED) is 0.425. The van der Waals surface area contributed by atoms with Gasteiger partial charge in [0, 0.05) is 33.6 Å². The van der Waals surface area contributed by atoms with Crippen LogP contribution in [0.5, 0.6) is 0 Å². The molecular formula is C24H18Cl2N2O2. The van der Waals surface area contributed by atoms with Crippen molar-refractivity contribution in [3.8, 4) is 0 Å². The Morgan fingerprint density at radius 2 is 1.07 bits per heavy atom. The molecule has 0 bridgehead atoms. The van der Waals surface area contributed by atoms with Crippen molar-refractivity contribution in [1.29, 1.82) is 0 Å². The molecule has 5 rings (SSSR count). The molecular weight excluding hydrogens is 419 g/mol. The molecule has 150 valence electrons. The molecule has 2 amide bonds. The minimum absolute atomic E-state index is 0.184. The first-order valence-corrected chi connectivity index (χ1v) is 9.88. The van der Waals surface area contributed by atoms with Crippen molar-refractivity contribution < 1.29 is 9.59 Å². The van der Waals surface area contributed by atoms with E-state index < -0.39 is 0 Å². The molecule has 2 heterocycles. The zero-order valence-electron chi connectivity index (χ0n) is 16.4. The van der Waals surface area contributed by atoms with Crippen LogP contribution in [-0.2, 0) is 0 Å². The molecule has 4 nitrogen and oxygen atoms in total. The predicted octanol–water partition coefficient (Wildman–Crippen LogP) is 6.13. The van der Waals surface area contributed by atoms with Crippen LogP contribution in [0, 0.1) is 13.8 Å². The predicted molar refractivity (Wildman–Crippen MR) is 123 cm³/mol. The molecule has 0 spiro atoms. The first-order chi connectivity index (χ1) is 14.3. The molecule has 6 heteroatoms. The lowest BCUT2D eigenvalue weighted by Crippen LogP contribution is -1.90. The van der Waals surface area contributed by atoms with Gasteiger partial charge in [0.1, 0.15) is 0 Å². The molecule has 0 radical (unpaired) electrons. The van der Waals surface area contributed by atoms with Crippen LogP contribution in [0.4, 0.5) is 0 Å². The molecule has 0 aromatic heterocycles. The maximum absolute atomic E-state index is 10.9. The van der Waals surface area contributed by atoms with Crippen LogP contribution in [-0.4, -0.2) is 24.2 Å². The summed E-state index contributed by atoms with van der Waals surface area (Å²) in [4.78, 5) is 29.1. The van der Waals surface area contributed by atoms with Gasteiger partial charge in [0.15, 0.2) is 0 Å². The van der Waals surface area contributed by atoms with Crippen molar-refractivity contribution in [1.82, 2.24) is 0 Å². The van der Waals surface area contributed by atoms with Crippen molar-refractivity contribution >= 4 is 47.4 Å². The summed E-state index contributed by atoms with van der Waals surface area (Å²) in [7, 11) is 0. The Morgan fingerprint density at radius 1 is 0.633 bits per heavy atom. The van der Waals surface area contributed by atoms with Gasteiger partial charge < -0.3 is 0 Å². The number of hydrogen-bond donors (Lipinski definition) is 0. The fourth-order valence-electron chi connectivity index (χ4n) is 2.87. The topological polar surface area (TPSA) is 58.9 Å². The SMILES string of the molecule is Cc1cccc(C)c1.O=C1N=Cc2cc(Cl)ccc21.O=C1N=Cc2cc(Cl)ccc21. The lowest BCUT2D eigenvalue weighted by Gasteiger charge is -1.93. The Morgan fingerprint density at radius 3 is 1.43 bits per heavy atom. The first-order valence-electron chi connectivity index (χ1n) is 9.12. The second-order valence-electron chi connectivity index (χ2n) is 6.75. The minimum atomic E-state index is -0.184. The van der Waals surface area contributed by atoms with E-state index in [0.717, 1.165) is 11.1 Å². The molecule has 0 saturated carbocycles. The minimum Gasteiger partial charge on any atom is -0.267 e. The molecule has 0 aliphatic carbocycles. The highest BCUT2D eigenvalue weighted by Crippen LogP contribution is 2.19. The van der Waals surface area contributed by atoms with Gasteiger partial charge in [-0.3, -0.25) is 9.59 Å².